The van der Waals surface area contributed by atoms with Crippen molar-refractivity contribution < 1.29 is 0 Å². The van der Waals surface area contributed by atoms with E-state index in [1.54, 1.807) is 0 Å². The largest absolute Gasteiger partial charge is 0.383 e. The molecule has 0 aliphatic heterocycles. The molecular formula is C25H38N4. The van der Waals surface area contributed by atoms with E-state index in [4.69, 9.17) is 5.73 Å². The van der Waals surface area contributed by atoms with E-state index < -0.39 is 0 Å². The van der Waals surface area contributed by atoms with E-state index in [0.29, 0.717) is 5.82 Å². The molecule has 0 unspecified atom stereocenters. The van der Waals surface area contributed by atoms with E-state index in [0.717, 1.165) is 35.8 Å². The van der Waals surface area contributed by atoms with Gasteiger partial charge in [-0.1, -0.05) is 25.8 Å². The van der Waals surface area contributed by atoms with E-state index in [1.165, 1.54) is 48.7 Å². The predicted octanol–water partition coefficient (Wildman–Crippen LogP) is 6.08. The molecule has 0 radical (unpaired) electrons. The van der Waals surface area contributed by atoms with Gasteiger partial charge in [0.2, 0.25) is 0 Å². The number of pyridine rings is 1. The SMILES string of the molecule is CCCCc1cc2c(N)nc3ccc(CCCCCN(C)C(C)(C)C)cc3c2[nH]1. The highest BCUT2D eigenvalue weighted by Crippen LogP contribution is 2.30. The summed E-state index contributed by atoms with van der Waals surface area (Å²) in [6.45, 7) is 10.2. The Kier molecular flexibility index (Phi) is 6.84. The summed E-state index contributed by atoms with van der Waals surface area (Å²) < 4.78 is 0. The van der Waals surface area contributed by atoms with Crippen molar-refractivity contribution in [2.24, 2.45) is 0 Å². The fourth-order valence-corrected chi connectivity index (χ4v) is 3.84. The summed E-state index contributed by atoms with van der Waals surface area (Å²) >= 11 is 0. The maximum Gasteiger partial charge on any atom is 0.133 e. The molecule has 0 fully saturated rings. The van der Waals surface area contributed by atoms with Crippen LogP contribution in [0.1, 0.15) is 71.1 Å². The van der Waals surface area contributed by atoms with Crippen LogP contribution in [-0.2, 0) is 12.8 Å². The van der Waals surface area contributed by atoms with E-state index in [9.17, 15) is 0 Å². The number of hydrogen-bond donors (Lipinski definition) is 2. The van der Waals surface area contributed by atoms with Crippen LogP contribution in [0.25, 0.3) is 21.8 Å². The second-order valence-electron chi connectivity index (χ2n) is 9.44. The zero-order valence-corrected chi connectivity index (χ0v) is 18.9. The van der Waals surface area contributed by atoms with Crippen LogP contribution in [0.2, 0.25) is 0 Å². The average Bonchev–Trinajstić information content (AvgIpc) is 3.11. The highest BCUT2D eigenvalue weighted by molar-refractivity contribution is 6.08. The third-order valence-electron chi connectivity index (χ3n) is 6.12. The van der Waals surface area contributed by atoms with Crippen LogP contribution in [0.4, 0.5) is 5.82 Å². The number of nitrogens with zero attached hydrogens (tertiary/aromatic N) is 2. The number of benzene rings is 1. The number of nitrogens with one attached hydrogen (secondary N) is 1. The molecule has 0 aliphatic carbocycles. The highest BCUT2D eigenvalue weighted by Gasteiger charge is 2.15. The quantitative estimate of drug-likeness (QED) is 0.432. The topological polar surface area (TPSA) is 57.9 Å². The molecule has 3 rings (SSSR count). The minimum Gasteiger partial charge on any atom is -0.383 e. The second kappa shape index (κ2) is 9.17. The third kappa shape index (κ3) is 5.30. The number of hydrogen-bond acceptors (Lipinski definition) is 3. The Hall–Kier alpha value is -2.07. The van der Waals surface area contributed by atoms with E-state index >= 15 is 0 Å². The molecule has 0 amide bonds. The summed E-state index contributed by atoms with van der Waals surface area (Å²) in [6.07, 6.45) is 8.30. The summed E-state index contributed by atoms with van der Waals surface area (Å²) in [5.41, 5.74) is 11.3. The average molecular weight is 395 g/mol. The van der Waals surface area contributed by atoms with Crippen molar-refractivity contribution in [2.45, 2.75) is 78.2 Å². The minimum absolute atomic E-state index is 0.255. The molecule has 0 saturated carbocycles. The first kappa shape index (κ1) is 21.6. The lowest BCUT2D eigenvalue weighted by Crippen LogP contribution is -2.38. The maximum atomic E-state index is 6.24. The zero-order chi connectivity index (χ0) is 21.0. The molecule has 4 nitrogen and oxygen atoms in total. The summed E-state index contributed by atoms with van der Waals surface area (Å²) in [4.78, 5) is 10.7. The van der Waals surface area contributed by atoms with Crippen molar-refractivity contribution >= 4 is 27.6 Å². The number of H-pyrrole nitrogens is 1. The van der Waals surface area contributed by atoms with E-state index in [1.807, 2.05) is 0 Å². The molecule has 158 valence electrons. The first-order valence-electron chi connectivity index (χ1n) is 11.2. The molecule has 29 heavy (non-hydrogen) atoms. The molecular weight excluding hydrogens is 356 g/mol. The number of aromatic amines is 1. The standard InChI is InChI=1S/C25H38N4/c1-6-7-12-19-17-21-23(27-19)20-16-18(13-14-22(20)28-24(21)26)11-9-8-10-15-29(5)25(2,3)4/h13-14,16-17,27H,6-12,15H2,1-5H3,(H2,26,28). The first-order valence-corrected chi connectivity index (χ1v) is 11.2. The van der Waals surface area contributed by atoms with Gasteiger partial charge in [0.1, 0.15) is 5.82 Å². The molecule has 1 aromatic carbocycles. The number of anilines is 1. The van der Waals surface area contributed by atoms with Gasteiger partial charge >= 0.3 is 0 Å². The first-order chi connectivity index (χ1) is 13.8. The van der Waals surface area contributed by atoms with Gasteiger partial charge in [-0.3, -0.25) is 0 Å². The number of aryl methyl sites for hydroxylation is 2. The van der Waals surface area contributed by atoms with Crippen LogP contribution in [-0.4, -0.2) is 34.0 Å². The molecule has 0 spiro atoms. The number of nitrogens with two attached hydrogens (primary N) is 1. The van der Waals surface area contributed by atoms with Gasteiger partial charge < -0.3 is 15.6 Å². The van der Waals surface area contributed by atoms with Crippen molar-refractivity contribution in [1.82, 2.24) is 14.9 Å². The van der Waals surface area contributed by atoms with Gasteiger partial charge in [0, 0.05) is 22.0 Å². The molecule has 0 saturated heterocycles. The Morgan fingerprint density at radius 2 is 1.79 bits per heavy atom. The zero-order valence-electron chi connectivity index (χ0n) is 18.9. The summed E-state index contributed by atoms with van der Waals surface area (Å²) in [5.74, 6) is 0.627. The molecule has 2 aromatic heterocycles. The number of unbranched alkanes of at least 4 members (excludes halogenated alkanes) is 3. The summed E-state index contributed by atoms with van der Waals surface area (Å²) in [6, 6.07) is 8.83. The maximum absolute atomic E-state index is 6.24. The molecule has 0 atom stereocenters. The fraction of sp³-hybridized carbons (Fsp3) is 0.560. The molecule has 4 heteroatoms. The Bertz CT molecular complexity index is 949. The number of rotatable bonds is 9. The van der Waals surface area contributed by atoms with Crippen molar-refractivity contribution in [3.63, 3.8) is 0 Å². The Morgan fingerprint density at radius 1 is 1.00 bits per heavy atom. The van der Waals surface area contributed by atoms with Crippen molar-refractivity contribution in [1.29, 1.82) is 0 Å². The lowest BCUT2D eigenvalue weighted by atomic mass is 10.0. The molecule has 2 heterocycles. The van der Waals surface area contributed by atoms with Crippen LogP contribution in [0, 0.1) is 0 Å². The second-order valence-corrected chi connectivity index (χ2v) is 9.44. The van der Waals surface area contributed by atoms with E-state index in [2.05, 4.69) is 73.9 Å². The van der Waals surface area contributed by atoms with Gasteiger partial charge in [0.05, 0.1) is 11.0 Å². The molecule has 0 aliphatic rings. The van der Waals surface area contributed by atoms with Crippen LogP contribution in [0.5, 0.6) is 0 Å². The summed E-state index contributed by atoms with van der Waals surface area (Å²) in [5, 5.41) is 2.26. The van der Waals surface area contributed by atoms with Gasteiger partial charge in [0.15, 0.2) is 0 Å². The normalized spacial score (nSPS) is 12.5. The lowest BCUT2D eigenvalue weighted by Gasteiger charge is -2.31. The Morgan fingerprint density at radius 3 is 2.52 bits per heavy atom. The minimum atomic E-state index is 0.255. The van der Waals surface area contributed by atoms with Gasteiger partial charge in [-0.05, 0) is 90.2 Å². The fourth-order valence-electron chi connectivity index (χ4n) is 3.84. The van der Waals surface area contributed by atoms with Gasteiger partial charge in [-0.15, -0.1) is 0 Å². The molecule has 3 aromatic rings. The third-order valence-corrected chi connectivity index (χ3v) is 6.12. The smallest absolute Gasteiger partial charge is 0.133 e. The highest BCUT2D eigenvalue weighted by atomic mass is 15.1. The van der Waals surface area contributed by atoms with Crippen LogP contribution >= 0.6 is 0 Å². The van der Waals surface area contributed by atoms with Gasteiger partial charge in [-0.2, -0.15) is 0 Å². The predicted molar refractivity (Wildman–Crippen MR) is 127 cm³/mol. The van der Waals surface area contributed by atoms with Crippen LogP contribution in [0.15, 0.2) is 24.3 Å². The van der Waals surface area contributed by atoms with Gasteiger partial charge in [-0.25, -0.2) is 4.98 Å². The van der Waals surface area contributed by atoms with Crippen LogP contribution < -0.4 is 5.73 Å². The van der Waals surface area contributed by atoms with E-state index in [-0.39, 0.29) is 5.54 Å². The van der Waals surface area contributed by atoms with Crippen molar-refractivity contribution in [3.8, 4) is 0 Å². The number of aromatic nitrogens is 2. The van der Waals surface area contributed by atoms with Crippen molar-refractivity contribution in [2.75, 3.05) is 19.3 Å². The number of fused-ring (bicyclic) bond motifs is 3. The Labute approximate surface area is 175 Å². The Balaban J connectivity index is 1.69. The monoisotopic (exact) mass is 394 g/mol. The number of nitrogen functional groups attached to an aromatic ring is 1. The molecule has 3 N–H and O–H groups in total. The summed E-state index contributed by atoms with van der Waals surface area (Å²) in [7, 11) is 2.22. The van der Waals surface area contributed by atoms with Gasteiger partial charge in [0.25, 0.3) is 0 Å². The van der Waals surface area contributed by atoms with Crippen LogP contribution in [0.3, 0.4) is 0 Å². The lowest BCUT2D eigenvalue weighted by molar-refractivity contribution is 0.172. The molecule has 0 bridgehead atoms. The van der Waals surface area contributed by atoms with Crippen molar-refractivity contribution in [3.05, 3.63) is 35.5 Å².